The summed E-state index contributed by atoms with van der Waals surface area (Å²) in [5.41, 5.74) is 0.544. The fourth-order valence-electron chi connectivity index (χ4n) is 3.17. The minimum atomic E-state index is -4.59. The molecule has 1 N–H and O–H groups in total. The van der Waals surface area contributed by atoms with Crippen molar-refractivity contribution in [1.29, 1.82) is 0 Å². The van der Waals surface area contributed by atoms with Gasteiger partial charge in [0.2, 0.25) is 5.88 Å². The molecule has 11 heteroatoms. The van der Waals surface area contributed by atoms with Crippen LogP contribution in [0.5, 0.6) is 11.6 Å². The minimum absolute atomic E-state index is 0.00824. The first-order valence-corrected chi connectivity index (χ1v) is 11.3. The molecule has 1 aromatic heterocycles. The molecule has 35 heavy (non-hydrogen) atoms. The quantitative estimate of drug-likeness (QED) is 0.295. The Hall–Kier alpha value is -3.01. The summed E-state index contributed by atoms with van der Waals surface area (Å²) in [4.78, 5) is 20.2. The van der Waals surface area contributed by atoms with E-state index in [4.69, 9.17) is 32.8 Å². The second-order valence-corrected chi connectivity index (χ2v) is 8.23. The van der Waals surface area contributed by atoms with Gasteiger partial charge < -0.3 is 14.9 Å². The molecule has 0 atom stereocenters. The maximum Gasteiger partial charge on any atom is 0.416 e. The zero-order valence-corrected chi connectivity index (χ0v) is 20.3. The van der Waals surface area contributed by atoms with Gasteiger partial charge in [0.05, 0.1) is 27.5 Å². The van der Waals surface area contributed by atoms with Gasteiger partial charge in [-0.3, -0.25) is 4.79 Å². The smallest absolute Gasteiger partial charge is 0.416 e. The number of carbonyl (C=O) groups is 1. The summed E-state index contributed by atoms with van der Waals surface area (Å²) in [5.74, 6) is -0.416. The van der Waals surface area contributed by atoms with Gasteiger partial charge >= 0.3 is 12.1 Å². The number of nitrogens with zero attached hydrogens (tertiary/aromatic N) is 2. The van der Waals surface area contributed by atoms with Crippen molar-refractivity contribution < 1.29 is 27.5 Å². The average molecular weight is 528 g/mol. The third kappa shape index (κ3) is 7.74. The predicted molar refractivity (Wildman–Crippen MR) is 128 cm³/mol. The van der Waals surface area contributed by atoms with Gasteiger partial charge in [0.25, 0.3) is 0 Å². The SMILES string of the molecule is CCN(CCc1ccc(Oc2ccc(Nc3ccc(Cl)c(Cl)c3)cn2)cc1C(F)(F)F)OC(C)=O. The number of hydrogen-bond donors (Lipinski definition) is 1. The van der Waals surface area contributed by atoms with Crippen LogP contribution in [0.1, 0.15) is 25.0 Å². The Bertz CT molecular complexity index is 1170. The van der Waals surface area contributed by atoms with Gasteiger partial charge in [-0.05, 0) is 55.3 Å². The van der Waals surface area contributed by atoms with E-state index in [0.717, 1.165) is 6.07 Å². The van der Waals surface area contributed by atoms with Crippen molar-refractivity contribution in [3.63, 3.8) is 0 Å². The van der Waals surface area contributed by atoms with Crippen LogP contribution in [-0.4, -0.2) is 29.1 Å². The molecule has 0 radical (unpaired) electrons. The van der Waals surface area contributed by atoms with E-state index in [1.165, 1.54) is 36.4 Å². The number of rotatable bonds is 9. The van der Waals surface area contributed by atoms with Crippen molar-refractivity contribution >= 4 is 40.5 Å². The highest BCUT2D eigenvalue weighted by molar-refractivity contribution is 6.42. The highest BCUT2D eigenvalue weighted by Crippen LogP contribution is 2.36. The van der Waals surface area contributed by atoms with Crippen LogP contribution in [0.3, 0.4) is 0 Å². The lowest BCUT2D eigenvalue weighted by molar-refractivity contribution is -0.186. The van der Waals surface area contributed by atoms with E-state index in [2.05, 4.69) is 10.3 Å². The molecular formula is C24H22Cl2F3N3O3. The van der Waals surface area contributed by atoms with E-state index < -0.39 is 17.7 Å². The lowest BCUT2D eigenvalue weighted by Crippen LogP contribution is -2.28. The number of anilines is 2. The molecule has 0 bridgehead atoms. The van der Waals surface area contributed by atoms with Gasteiger partial charge in [0.1, 0.15) is 5.75 Å². The van der Waals surface area contributed by atoms with Crippen LogP contribution < -0.4 is 10.1 Å². The van der Waals surface area contributed by atoms with Crippen LogP contribution in [0, 0.1) is 0 Å². The Labute approximate surface area is 210 Å². The van der Waals surface area contributed by atoms with Crippen molar-refractivity contribution in [2.75, 3.05) is 18.4 Å². The van der Waals surface area contributed by atoms with Gasteiger partial charge in [-0.2, -0.15) is 13.2 Å². The molecule has 186 valence electrons. The van der Waals surface area contributed by atoms with Crippen molar-refractivity contribution in [2.24, 2.45) is 0 Å². The zero-order chi connectivity index (χ0) is 25.6. The Morgan fingerprint density at radius 1 is 1.06 bits per heavy atom. The normalized spacial score (nSPS) is 11.4. The number of ether oxygens (including phenoxy) is 1. The molecular weight excluding hydrogens is 506 g/mol. The molecule has 2 aromatic carbocycles. The number of benzene rings is 2. The maximum atomic E-state index is 13.7. The highest BCUT2D eigenvalue weighted by atomic mass is 35.5. The monoisotopic (exact) mass is 527 g/mol. The second kappa shape index (κ2) is 11.6. The predicted octanol–water partition coefficient (Wildman–Crippen LogP) is 7.29. The number of pyridine rings is 1. The Morgan fingerprint density at radius 3 is 2.40 bits per heavy atom. The Kier molecular flexibility index (Phi) is 8.82. The van der Waals surface area contributed by atoms with Crippen molar-refractivity contribution in [3.05, 3.63) is 75.9 Å². The largest absolute Gasteiger partial charge is 0.439 e. The van der Waals surface area contributed by atoms with Crippen LogP contribution in [0.15, 0.2) is 54.7 Å². The third-order valence-corrected chi connectivity index (χ3v) is 5.53. The molecule has 0 aliphatic rings. The molecule has 0 unspecified atom stereocenters. The highest BCUT2D eigenvalue weighted by Gasteiger charge is 2.34. The summed E-state index contributed by atoms with van der Waals surface area (Å²) < 4.78 is 46.7. The summed E-state index contributed by atoms with van der Waals surface area (Å²) in [6, 6.07) is 12.0. The number of carbonyl (C=O) groups excluding carboxylic acids is 1. The van der Waals surface area contributed by atoms with Crippen LogP contribution in [0.4, 0.5) is 24.5 Å². The first kappa shape index (κ1) is 26.6. The molecule has 0 amide bonds. The lowest BCUT2D eigenvalue weighted by Gasteiger charge is -2.20. The van der Waals surface area contributed by atoms with Crippen LogP contribution >= 0.6 is 23.2 Å². The summed E-state index contributed by atoms with van der Waals surface area (Å²) >= 11 is 11.9. The van der Waals surface area contributed by atoms with E-state index in [1.807, 2.05) is 0 Å². The Balaban J connectivity index is 1.71. The molecule has 0 spiro atoms. The molecule has 3 rings (SSSR count). The Morgan fingerprint density at radius 2 is 1.80 bits per heavy atom. The summed E-state index contributed by atoms with van der Waals surface area (Å²) in [6.45, 7) is 3.45. The molecule has 0 aliphatic heterocycles. The molecule has 0 fully saturated rings. The summed E-state index contributed by atoms with van der Waals surface area (Å²) in [5, 5.41) is 5.22. The van der Waals surface area contributed by atoms with Gasteiger partial charge in [-0.15, -0.1) is 5.06 Å². The van der Waals surface area contributed by atoms with Crippen molar-refractivity contribution in [1.82, 2.24) is 10.0 Å². The molecule has 0 aliphatic carbocycles. The first-order chi connectivity index (χ1) is 16.5. The fraction of sp³-hybridized carbons (Fsp3) is 0.250. The van der Waals surface area contributed by atoms with E-state index in [-0.39, 0.29) is 30.2 Å². The van der Waals surface area contributed by atoms with Crippen LogP contribution in [-0.2, 0) is 22.2 Å². The molecule has 3 aromatic rings. The van der Waals surface area contributed by atoms with Gasteiger partial charge in [0, 0.05) is 31.8 Å². The lowest BCUT2D eigenvalue weighted by atomic mass is 10.0. The number of aromatic nitrogens is 1. The standard InChI is InChI=1S/C24H22Cl2F3N3O3/c1-3-32(35-15(2)33)11-10-16-4-7-19(13-20(16)24(27,28)29)34-23-9-6-18(14-30-23)31-17-5-8-21(25)22(26)12-17/h4-9,12-14,31H,3,10-11H2,1-2H3. The van der Waals surface area contributed by atoms with Crippen molar-refractivity contribution in [2.45, 2.75) is 26.4 Å². The molecule has 1 heterocycles. The van der Waals surface area contributed by atoms with Crippen LogP contribution in [0.2, 0.25) is 10.0 Å². The number of hydrogen-bond acceptors (Lipinski definition) is 6. The topological polar surface area (TPSA) is 63.7 Å². The van der Waals surface area contributed by atoms with Crippen LogP contribution in [0.25, 0.3) is 0 Å². The zero-order valence-electron chi connectivity index (χ0n) is 18.8. The maximum absolute atomic E-state index is 13.7. The van der Waals surface area contributed by atoms with Crippen molar-refractivity contribution in [3.8, 4) is 11.6 Å². The molecule has 6 nitrogen and oxygen atoms in total. The van der Waals surface area contributed by atoms with E-state index in [0.29, 0.717) is 28.0 Å². The number of alkyl halides is 3. The van der Waals surface area contributed by atoms with E-state index in [1.54, 1.807) is 31.2 Å². The molecule has 0 saturated heterocycles. The minimum Gasteiger partial charge on any atom is -0.439 e. The number of likely N-dealkylation sites (N-methyl/N-ethyl adjacent to an activating group) is 1. The number of hydroxylamine groups is 2. The molecule has 0 saturated carbocycles. The fourth-order valence-corrected chi connectivity index (χ4v) is 3.47. The van der Waals surface area contributed by atoms with Gasteiger partial charge in [-0.1, -0.05) is 29.3 Å². The van der Waals surface area contributed by atoms with E-state index in [9.17, 15) is 18.0 Å². The van der Waals surface area contributed by atoms with E-state index >= 15 is 0 Å². The summed E-state index contributed by atoms with van der Waals surface area (Å²) in [7, 11) is 0. The van der Waals surface area contributed by atoms with Gasteiger partial charge in [-0.25, -0.2) is 4.98 Å². The second-order valence-electron chi connectivity index (χ2n) is 7.41. The third-order valence-electron chi connectivity index (χ3n) is 4.79. The summed E-state index contributed by atoms with van der Waals surface area (Å²) in [6.07, 6.45) is -3.08. The first-order valence-electron chi connectivity index (χ1n) is 10.5. The van der Waals surface area contributed by atoms with Gasteiger partial charge in [0.15, 0.2) is 0 Å². The number of halogens is 5. The number of nitrogens with one attached hydrogen (secondary N) is 1. The average Bonchev–Trinajstić information content (AvgIpc) is 2.80.